The van der Waals surface area contributed by atoms with E-state index in [4.69, 9.17) is 0 Å². The van der Waals surface area contributed by atoms with Gasteiger partial charge in [0.1, 0.15) is 6.04 Å². The van der Waals surface area contributed by atoms with Gasteiger partial charge >= 0.3 is 0 Å². The van der Waals surface area contributed by atoms with Gasteiger partial charge in [-0.15, -0.1) is 0 Å². The number of aliphatic carboxylic acids is 1. The van der Waals surface area contributed by atoms with Gasteiger partial charge in [0.15, 0.2) is 0 Å². The second-order valence-corrected chi connectivity index (χ2v) is 4.61. The summed E-state index contributed by atoms with van der Waals surface area (Å²) in [6, 6.07) is 7.78. The van der Waals surface area contributed by atoms with Crippen LogP contribution in [0.5, 0.6) is 0 Å². The second-order valence-electron chi connectivity index (χ2n) is 4.61. The van der Waals surface area contributed by atoms with Gasteiger partial charge in [-0.2, -0.15) is 0 Å². The topological polar surface area (TPSA) is 67.8 Å². The number of rotatable bonds is 5. The normalized spacial score (nSPS) is 12.8. The molecule has 0 heterocycles. The minimum Gasteiger partial charge on any atom is -0.550 e. The second kappa shape index (κ2) is 5.66. The summed E-state index contributed by atoms with van der Waals surface area (Å²) in [7, 11) is 0. The average Bonchev–Trinajstić information content (AvgIpc) is 2.16. The third kappa shape index (κ3) is 4.03. The van der Waals surface area contributed by atoms with E-state index in [9.17, 15) is 9.90 Å². The maximum absolute atomic E-state index is 10.4. The van der Waals surface area contributed by atoms with E-state index >= 15 is 0 Å². The molecule has 1 aromatic rings. The van der Waals surface area contributed by atoms with Crippen LogP contribution in [0.2, 0.25) is 0 Å². The van der Waals surface area contributed by atoms with Crippen LogP contribution in [-0.2, 0) is 11.2 Å². The maximum Gasteiger partial charge on any atom is 0.115 e. The molecule has 0 aliphatic rings. The summed E-state index contributed by atoms with van der Waals surface area (Å²) in [6.45, 7) is 4.35. The summed E-state index contributed by atoms with van der Waals surface area (Å²) < 4.78 is 0. The minimum atomic E-state index is -1.05. The van der Waals surface area contributed by atoms with Gasteiger partial charge in [-0.25, -0.2) is 0 Å². The highest BCUT2D eigenvalue weighted by atomic mass is 16.4. The van der Waals surface area contributed by atoms with E-state index in [0.29, 0.717) is 5.92 Å². The molecule has 16 heavy (non-hydrogen) atoms. The molecular formula is C13H19NO2. The Hall–Kier alpha value is -1.35. The molecule has 1 atom stereocenters. The molecule has 0 spiro atoms. The van der Waals surface area contributed by atoms with E-state index in [1.807, 2.05) is 24.3 Å². The highest BCUT2D eigenvalue weighted by Gasteiger charge is 2.09. The van der Waals surface area contributed by atoms with E-state index in [1.165, 1.54) is 5.56 Å². The first-order chi connectivity index (χ1) is 7.49. The first kappa shape index (κ1) is 12.7. The van der Waals surface area contributed by atoms with Crippen LogP contribution in [0.3, 0.4) is 0 Å². The SMILES string of the molecule is CC(C)Cc1ccc(C([NH3+])CC(=O)[O-])cc1. The largest absolute Gasteiger partial charge is 0.550 e. The number of carbonyl (C=O) groups is 1. The Balaban J connectivity index is 2.66. The molecule has 0 aliphatic heterocycles. The Morgan fingerprint density at radius 3 is 2.31 bits per heavy atom. The molecule has 88 valence electrons. The lowest BCUT2D eigenvalue weighted by Gasteiger charge is -2.11. The molecule has 0 aromatic heterocycles. The number of carboxylic acid groups (broad SMARTS) is 1. The lowest BCUT2D eigenvalue weighted by molar-refractivity contribution is -0.430. The van der Waals surface area contributed by atoms with Crippen molar-refractivity contribution in [1.29, 1.82) is 0 Å². The van der Waals surface area contributed by atoms with Crippen molar-refractivity contribution in [2.75, 3.05) is 0 Å². The van der Waals surface area contributed by atoms with Crippen molar-refractivity contribution < 1.29 is 15.6 Å². The standard InChI is InChI=1S/C13H19NO2/c1-9(2)7-10-3-5-11(6-4-10)12(14)8-13(15)16/h3-6,9,12H,7-8,14H2,1-2H3,(H,15,16). The monoisotopic (exact) mass is 221 g/mol. The first-order valence-electron chi connectivity index (χ1n) is 5.60. The Bertz CT molecular complexity index is 343. The Morgan fingerprint density at radius 1 is 1.31 bits per heavy atom. The third-order valence-corrected chi connectivity index (χ3v) is 2.51. The van der Waals surface area contributed by atoms with Gasteiger partial charge in [-0.05, 0) is 17.9 Å². The van der Waals surface area contributed by atoms with E-state index in [1.54, 1.807) is 0 Å². The van der Waals surface area contributed by atoms with Gasteiger partial charge in [0.25, 0.3) is 0 Å². The number of carboxylic acids is 1. The fraction of sp³-hybridized carbons (Fsp3) is 0.462. The number of benzene rings is 1. The summed E-state index contributed by atoms with van der Waals surface area (Å²) in [4.78, 5) is 10.4. The molecule has 0 radical (unpaired) electrons. The van der Waals surface area contributed by atoms with Gasteiger partial charge in [0, 0.05) is 18.0 Å². The van der Waals surface area contributed by atoms with Gasteiger partial charge in [-0.1, -0.05) is 38.1 Å². The maximum atomic E-state index is 10.4. The zero-order valence-electron chi connectivity index (χ0n) is 9.90. The molecule has 0 saturated carbocycles. The van der Waals surface area contributed by atoms with Crippen molar-refractivity contribution in [3.8, 4) is 0 Å². The molecule has 3 nitrogen and oxygen atoms in total. The van der Waals surface area contributed by atoms with Crippen molar-refractivity contribution in [3.63, 3.8) is 0 Å². The van der Waals surface area contributed by atoms with Crippen molar-refractivity contribution >= 4 is 5.97 Å². The molecule has 3 heteroatoms. The van der Waals surface area contributed by atoms with E-state index in [0.717, 1.165) is 12.0 Å². The molecule has 0 aliphatic carbocycles. The number of hydrogen-bond donors (Lipinski definition) is 1. The van der Waals surface area contributed by atoms with E-state index < -0.39 is 5.97 Å². The van der Waals surface area contributed by atoms with Crippen LogP contribution in [0.25, 0.3) is 0 Å². The van der Waals surface area contributed by atoms with Crippen LogP contribution in [0.4, 0.5) is 0 Å². The lowest BCUT2D eigenvalue weighted by atomic mass is 9.99. The van der Waals surface area contributed by atoms with Crippen LogP contribution in [0, 0.1) is 5.92 Å². The highest BCUT2D eigenvalue weighted by molar-refractivity contribution is 5.65. The van der Waals surface area contributed by atoms with E-state index in [2.05, 4.69) is 19.6 Å². The molecule has 0 bridgehead atoms. The van der Waals surface area contributed by atoms with Gasteiger partial charge in [0.05, 0.1) is 0 Å². The minimum absolute atomic E-state index is 0.0243. The summed E-state index contributed by atoms with van der Waals surface area (Å²) in [6.07, 6.45) is 1.02. The van der Waals surface area contributed by atoms with E-state index in [-0.39, 0.29) is 12.5 Å². The molecule has 1 rings (SSSR count). The summed E-state index contributed by atoms with van der Waals surface area (Å²) >= 11 is 0. The summed E-state index contributed by atoms with van der Waals surface area (Å²) in [5.74, 6) is -0.420. The molecule has 0 saturated heterocycles. The van der Waals surface area contributed by atoms with Crippen LogP contribution in [0.15, 0.2) is 24.3 Å². The van der Waals surface area contributed by atoms with Crippen molar-refractivity contribution in [2.24, 2.45) is 5.92 Å². The first-order valence-corrected chi connectivity index (χ1v) is 5.60. The fourth-order valence-corrected chi connectivity index (χ4v) is 1.72. The molecule has 0 amide bonds. The van der Waals surface area contributed by atoms with Crippen molar-refractivity contribution in [2.45, 2.75) is 32.7 Å². The Labute approximate surface area is 96.3 Å². The van der Waals surface area contributed by atoms with Crippen LogP contribution >= 0.6 is 0 Å². The lowest BCUT2D eigenvalue weighted by Crippen LogP contribution is -2.55. The summed E-state index contributed by atoms with van der Waals surface area (Å²) in [5.41, 5.74) is 6.05. The average molecular weight is 221 g/mol. The predicted molar refractivity (Wildman–Crippen MR) is 60.2 cm³/mol. The van der Waals surface area contributed by atoms with Crippen LogP contribution < -0.4 is 10.8 Å². The molecular weight excluding hydrogens is 202 g/mol. The number of quaternary nitrogens is 1. The molecule has 0 fully saturated rings. The quantitative estimate of drug-likeness (QED) is 0.777. The smallest absolute Gasteiger partial charge is 0.115 e. The highest BCUT2D eigenvalue weighted by Crippen LogP contribution is 2.14. The summed E-state index contributed by atoms with van der Waals surface area (Å²) in [5, 5.41) is 10.4. The third-order valence-electron chi connectivity index (χ3n) is 2.51. The van der Waals surface area contributed by atoms with Gasteiger partial charge in [-0.3, -0.25) is 0 Å². The number of carbonyl (C=O) groups excluding carboxylic acids is 1. The Kier molecular flexibility index (Phi) is 4.50. The predicted octanol–water partition coefficient (Wildman–Crippen LogP) is 0.308. The fourth-order valence-electron chi connectivity index (χ4n) is 1.72. The van der Waals surface area contributed by atoms with Gasteiger partial charge < -0.3 is 15.6 Å². The Morgan fingerprint density at radius 2 is 1.88 bits per heavy atom. The zero-order chi connectivity index (χ0) is 12.1. The zero-order valence-corrected chi connectivity index (χ0v) is 9.90. The van der Waals surface area contributed by atoms with Crippen LogP contribution in [-0.4, -0.2) is 5.97 Å². The molecule has 1 aromatic carbocycles. The van der Waals surface area contributed by atoms with Crippen LogP contribution in [0.1, 0.15) is 37.4 Å². The van der Waals surface area contributed by atoms with Crippen molar-refractivity contribution in [3.05, 3.63) is 35.4 Å². The molecule has 3 N–H and O–H groups in total. The van der Waals surface area contributed by atoms with Gasteiger partial charge in [0.2, 0.25) is 0 Å². The molecule has 1 unspecified atom stereocenters. The van der Waals surface area contributed by atoms with Crippen molar-refractivity contribution in [1.82, 2.24) is 0 Å². The number of hydrogen-bond acceptors (Lipinski definition) is 2.